The number of hydrogen-bond acceptors (Lipinski definition) is 0. The zero-order valence-electron chi connectivity index (χ0n) is 14.0. The fraction of sp³-hybridized carbons (Fsp3) is 0.238. The van der Waals surface area contributed by atoms with E-state index in [1.807, 2.05) is 0 Å². The van der Waals surface area contributed by atoms with Crippen LogP contribution >= 0.6 is 0 Å². The molecule has 0 bridgehead atoms. The molecule has 0 nitrogen and oxygen atoms in total. The molecule has 0 aliphatic carbocycles. The Morgan fingerprint density at radius 2 is 1.27 bits per heavy atom. The van der Waals surface area contributed by atoms with Crippen molar-refractivity contribution >= 4 is 29.1 Å². The van der Waals surface area contributed by atoms with Crippen LogP contribution in [0, 0.1) is 6.92 Å². The second-order valence-electron chi connectivity index (χ2n) is 7.50. The van der Waals surface area contributed by atoms with Crippen LogP contribution in [0.1, 0.15) is 11.1 Å². The van der Waals surface area contributed by atoms with Crippen molar-refractivity contribution < 1.29 is 0 Å². The third-order valence-electron chi connectivity index (χ3n) is 4.02. The van der Waals surface area contributed by atoms with Gasteiger partial charge < -0.3 is 0 Å². The summed E-state index contributed by atoms with van der Waals surface area (Å²) >= 11 is -1.76. The molecule has 0 saturated heterocycles. The zero-order chi connectivity index (χ0) is 15.7. The first-order valence-corrected chi connectivity index (χ1v) is 18.6. The van der Waals surface area contributed by atoms with Gasteiger partial charge in [-0.05, 0) is 0 Å². The molecule has 0 atom stereocenters. The Labute approximate surface area is 138 Å². The van der Waals surface area contributed by atoms with Crippen LogP contribution in [0.4, 0.5) is 0 Å². The molecule has 1 heteroatoms. The Morgan fingerprint density at radius 3 is 1.95 bits per heavy atom. The van der Waals surface area contributed by atoms with E-state index < -0.39 is 18.4 Å². The first-order chi connectivity index (χ1) is 10.4. The molecule has 0 N–H and O–H groups in total. The molecule has 0 fully saturated rings. The van der Waals surface area contributed by atoms with Crippen LogP contribution in [0.5, 0.6) is 0 Å². The Morgan fingerprint density at radius 1 is 0.682 bits per heavy atom. The molecule has 0 heterocycles. The summed E-state index contributed by atoms with van der Waals surface area (Å²) in [4.78, 5) is 7.50. The van der Waals surface area contributed by atoms with Crippen molar-refractivity contribution in [1.29, 1.82) is 0 Å². The molecule has 0 amide bonds. The maximum absolute atomic E-state index is 2.50. The van der Waals surface area contributed by atoms with E-state index in [1.165, 1.54) is 37.5 Å². The van der Waals surface area contributed by atoms with E-state index in [9.17, 15) is 0 Å². The second kappa shape index (κ2) is 6.08. The average molecular weight is 395 g/mol. The van der Waals surface area contributed by atoms with E-state index in [0.717, 1.165) is 0 Å². The topological polar surface area (TPSA) is 0 Å². The molecule has 0 spiro atoms. The van der Waals surface area contributed by atoms with Crippen LogP contribution in [0.3, 0.4) is 0 Å². The molecule has 3 rings (SSSR count). The number of hydrogen-bond donors (Lipinski definition) is 0. The SMILES string of the molecule is Cc1ccc(-c2ccc3cc([CH2][Sn]([CH3])([CH3])[CH3])ccc3c2)cc1. The van der Waals surface area contributed by atoms with E-state index in [4.69, 9.17) is 0 Å². The Kier molecular flexibility index (Phi) is 4.31. The van der Waals surface area contributed by atoms with Gasteiger partial charge in [-0.25, -0.2) is 0 Å². The van der Waals surface area contributed by atoms with Gasteiger partial charge in [0.25, 0.3) is 0 Å². The number of aryl methyl sites for hydroxylation is 1. The number of benzene rings is 3. The van der Waals surface area contributed by atoms with Crippen molar-refractivity contribution in [2.75, 3.05) is 0 Å². The average Bonchev–Trinajstić information content (AvgIpc) is 2.46. The summed E-state index contributed by atoms with van der Waals surface area (Å²) < 4.78 is 1.32. The first-order valence-electron chi connectivity index (χ1n) is 8.00. The molecule has 112 valence electrons. The van der Waals surface area contributed by atoms with Crippen LogP contribution in [-0.4, -0.2) is 18.4 Å². The Balaban J connectivity index is 1.97. The fourth-order valence-electron chi connectivity index (χ4n) is 2.94. The molecule has 0 aliphatic heterocycles. The van der Waals surface area contributed by atoms with Gasteiger partial charge in [0.15, 0.2) is 0 Å². The van der Waals surface area contributed by atoms with Crippen LogP contribution in [0.15, 0.2) is 60.7 Å². The Hall–Kier alpha value is -1.28. The summed E-state index contributed by atoms with van der Waals surface area (Å²) in [6, 6.07) is 22.6. The first kappa shape index (κ1) is 15.6. The quantitative estimate of drug-likeness (QED) is 0.461. The monoisotopic (exact) mass is 396 g/mol. The fourth-order valence-corrected chi connectivity index (χ4v) is 7.07. The molecule has 0 aromatic heterocycles. The summed E-state index contributed by atoms with van der Waals surface area (Å²) in [6.07, 6.45) is 0. The van der Waals surface area contributed by atoms with Crippen molar-refractivity contribution in [3.8, 4) is 11.1 Å². The van der Waals surface area contributed by atoms with Crippen LogP contribution in [0.2, 0.25) is 14.8 Å². The van der Waals surface area contributed by atoms with Crippen LogP contribution in [-0.2, 0) is 4.44 Å². The van der Waals surface area contributed by atoms with Gasteiger partial charge in [0.05, 0.1) is 0 Å². The summed E-state index contributed by atoms with van der Waals surface area (Å²) in [7, 11) is 0. The van der Waals surface area contributed by atoms with Gasteiger partial charge >= 0.3 is 138 Å². The minimum absolute atomic E-state index is 1.29. The molecule has 0 aliphatic rings. The van der Waals surface area contributed by atoms with Crippen molar-refractivity contribution in [1.82, 2.24) is 0 Å². The molecular weight excluding hydrogens is 371 g/mol. The third-order valence-corrected chi connectivity index (χ3v) is 8.22. The summed E-state index contributed by atoms with van der Waals surface area (Å²) in [5.74, 6) is 0. The van der Waals surface area contributed by atoms with Crippen molar-refractivity contribution in [3.05, 3.63) is 71.8 Å². The zero-order valence-corrected chi connectivity index (χ0v) is 16.8. The van der Waals surface area contributed by atoms with Crippen LogP contribution in [0.25, 0.3) is 21.9 Å². The molecule has 3 aromatic rings. The predicted octanol–water partition coefficient (Wildman–Crippen LogP) is 6.24. The van der Waals surface area contributed by atoms with Crippen molar-refractivity contribution in [2.45, 2.75) is 26.2 Å². The summed E-state index contributed by atoms with van der Waals surface area (Å²) in [6.45, 7) is 2.13. The summed E-state index contributed by atoms with van der Waals surface area (Å²) in [5.41, 5.74) is 5.42. The van der Waals surface area contributed by atoms with Gasteiger partial charge in [-0.15, -0.1) is 0 Å². The molecule has 0 unspecified atom stereocenters. The Bertz CT molecular complexity index is 792. The van der Waals surface area contributed by atoms with E-state index in [2.05, 4.69) is 82.4 Å². The molecule has 3 aromatic carbocycles. The standard InChI is InChI=1S/C18H15.3CH3.Sn/c1-13-3-6-15(7-4-13)17-10-9-16-11-14(2)5-8-18(16)12-17;;;;/h3-12H,2H2,1H3;3*1H3;. The van der Waals surface area contributed by atoms with E-state index in [-0.39, 0.29) is 0 Å². The van der Waals surface area contributed by atoms with Gasteiger partial charge in [0.1, 0.15) is 0 Å². The minimum atomic E-state index is -1.76. The molecule has 0 radical (unpaired) electrons. The normalized spacial score (nSPS) is 11.8. The van der Waals surface area contributed by atoms with Gasteiger partial charge in [0.2, 0.25) is 0 Å². The summed E-state index contributed by atoms with van der Waals surface area (Å²) in [5, 5.41) is 2.70. The van der Waals surface area contributed by atoms with E-state index in [0.29, 0.717) is 0 Å². The molecule has 0 saturated carbocycles. The number of rotatable bonds is 3. The molecular formula is C21H24Sn. The van der Waals surface area contributed by atoms with E-state index in [1.54, 1.807) is 0 Å². The van der Waals surface area contributed by atoms with Crippen LogP contribution < -0.4 is 0 Å². The van der Waals surface area contributed by atoms with Gasteiger partial charge in [0, 0.05) is 0 Å². The predicted molar refractivity (Wildman–Crippen MR) is 101 cm³/mol. The van der Waals surface area contributed by atoms with Crippen molar-refractivity contribution in [2.24, 2.45) is 0 Å². The maximum atomic E-state index is 2.50. The number of fused-ring (bicyclic) bond motifs is 1. The van der Waals surface area contributed by atoms with Gasteiger partial charge in [-0.2, -0.15) is 0 Å². The second-order valence-corrected chi connectivity index (χ2v) is 23.1. The van der Waals surface area contributed by atoms with Crippen molar-refractivity contribution in [3.63, 3.8) is 0 Å². The van der Waals surface area contributed by atoms with E-state index >= 15 is 0 Å². The molecule has 22 heavy (non-hydrogen) atoms. The van der Waals surface area contributed by atoms with Gasteiger partial charge in [-0.1, -0.05) is 0 Å². The third kappa shape index (κ3) is 3.73. The van der Waals surface area contributed by atoms with Gasteiger partial charge in [-0.3, -0.25) is 0 Å².